The number of carbonyl (C=O) groups is 1. The second kappa shape index (κ2) is 7.97. The molecule has 1 amide bonds. The Morgan fingerprint density at radius 2 is 2.20 bits per heavy atom. The van der Waals surface area contributed by atoms with Crippen LogP contribution in [0.2, 0.25) is 5.02 Å². The molecule has 20 heavy (non-hydrogen) atoms. The number of hydrogen-bond donors (Lipinski definition) is 1. The summed E-state index contributed by atoms with van der Waals surface area (Å²) in [6.07, 6.45) is 0.0652. The minimum absolute atomic E-state index is 0.123. The number of aliphatic hydroxyl groups excluding tert-OH is 1. The van der Waals surface area contributed by atoms with Crippen LogP contribution in [0, 0.1) is 6.92 Å². The third-order valence-electron chi connectivity index (χ3n) is 2.65. The zero-order valence-electron chi connectivity index (χ0n) is 11.0. The summed E-state index contributed by atoms with van der Waals surface area (Å²) in [4.78, 5) is 12.7. The van der Waals surface area contributed by atoms with Crippen molar-refractivity contribution in [3.8, 4) is 0 Å². The van der Waals surface area contributed by atoms with E-state index < -0.39 is 18.9 Å². The van der Waals surface area contributed by atoms with E-state index in [0.717, 1.165) is 10.5 Å². The Morgan fingerprint density at radius 3 is 2.75 bits per heavy atom. The summed E-state index contributed by atoms with van der Waals surface area (Å²) in [6.45, 7) is 0.676. The quantitative estimate of drug-likeness (QED) is 0.821. The monoisotopic (exact) mass is 303 g/mol. The molecule has 0 saturated heterocycles. The summed E-state index contributed by atoms with van der Waals surface area (Å²) < 4.78 is 24.6. The molecule has 0 saturated carbocycles. The fourth-order valence-corrected chi connectivity index (χ4v) is 1.75. The third kappa shape index (κ3) is 5.27. The molecule has 1 aromatic carbocycles. The molecule has 110 valence electrons. The molecule has 0 aliphatic rings. The number of halogens is 3. The normalized spacial score (nSPS) is 11.3. The topological polar surface area (TPSA) is 40.5 Å². The average molecular weight is 304 g/mol. The van der Waals surface area contributed by atoms with Gasteiger partial charge in [-0.2, -0.15) is 0 Å². The van der Waals surface area contributed by atoms with Crippen LogP contribution in [-0.4, -0.2) is 42.0 Å². The Balaban J connectivity index is 2.75. The van der Waals surface area contributed by atoms with Gasteiger partial charge < -0.3 is 10.0 Å². The molecule has 0 heterocycles. The Labute approximate surface area is 121 Å². The summed E-state index contributed by atoms with van der Waals surface area (Å²) in [7, 11) is 0. The largest absolute Gasteiger partial charge is 0.395 e. The molecular weight excluding hydrogens is 288 g/mol. The van der Waals surface area contributed by atoms with Crippen molar-refractivity contribution >= 4 is 23.6 Å². The van der Waals surface area contributed by atoms with Crippen molar-refractivity contribution in [2.24, 2.45) is 0 Å². The van der Waals surface area contributed by atoms with Gasteiger partial charge in [0.05, 0.1) is 13.2 Å². The number of carbonyl (C=O) groups excluding carboxylic acids is 1. The number of alkyl halides is 2. The summed E-state index contributed by atoms with van der Waals surface area (Å²) in [6, 6.07) is 5.26. The van der Waals surface area contributed by atoms with E-state index in [-0.39, 0.29) is 13.2 Å². The van der Waals surface area contributed by atoms with Gasteiger partial charge >= 0.3 is 0 Å². The molecular formula is C14H16ClF2NO2. The highest BCUT2D eigenvalue weighted by atomic mass is 35.5. The van der Waals surface area contributed by atoms with Gasteiger partial charge in [0.25, 0.3) is 6.43 Å². The number of benzene rings is 1. The molecule has 1 rings (SSSR count). The van der Waals surface area contributed by atoms with E-state index in [1.807, 2.05) is 6.92 Å². The van der Waals surface area contributed by atoms with Crippen LogP contribution in [0.15, 0.2) is 24.3 Å². The first-order valence-corrected chi connectivity index (χ1v) is 6.44. The van der Waals surface area contributed by atoms with Crippen LogP contribution in [0.4, 0.5) is 8.78 Å². The standard InChI is InChI=1S/C14H16ClF2NO2/c1-10-2-3-11(8-12(10)15)4-5-14(20)18(6-7-19)9-13(16)17/h2-5,8,13,19H,6-7,9H2,1H3/b5-4+. The lowest BCUT2D eigenvalue weighted by Crippen LogP contribution is -2.36. The summed E-state index contributed by atoms with van der Waals surface area (Å²) >= 11 is 5.95. The summed E-state index contributed by atoms with van der Waals surface area (Å²) in [5, 5.41) is 9.34. The van der Waals surface area contributed by atoms with Crippen molar-refractivity contribution in [3.63, 3.8) is 0 Å². The zero-order valence-corrected chi connectivity index (χ0v) is 11.8. The van der Waals surface area contributed by atoms with Gasteiger partial charge in [-0.1, -0.05) is 23.7 Å². The minimum atomic E-state index is -2.63. The lowest BCUT2D eigenvalue weighted by molar-refractivity contribution is -0.128. The fraction of sp³-hybridized carbons (Fsp3) is 0.357. The Hall–Kier alpha value is -1.46. The number of rotatable bonds is 6. The van der Waals surface area contributed by atoms with E-state index in [0.29, 0.717) is 10.6 Å². The number of aliphatic hydroxyl groups is 1. The first-order chi connectivity index (χ1) is 9.43. The van der Waals surface area contributed by atoms with Crippen molar-refractivity contribution in [2.75, 3.05) is 19.7 Å². The van der Waals surface area contributed by atoms with Crippen LogP contribution < -0.4 is 0 Å². The van der Waals surface area contributed by atoms with Crippen LogP contribution in [0.5, 0.6) is 0 Å². The Morgan fingerprint density at radius 1 is 1.50 bits per heavy atom. The molecule has 0 aliphatic heterocycles. The molecule has 0 unspecified atom stereocenters. The molecule has 0 bridgehead atoms. The van der Waals surface area contributed by atoms with Gasteiger partial charge in [0.15, 0.2) is 0 Å². The van der Waals surface area contributed by atoms with E-state index in [1.165, 1.54) is 12.2 Å². The molecule has 0 aliphatic carbocycles. The van der Waals surface area contributed by atoms with Crippen LogP contribution in [0.1, 0.15) is 11.1 Å². The summed E-state index contributed by atoms with van der Waals surface area (Å²) in [5.74, 6) is -0.573. The SMILES string of the molecule is Cc1ccc(/C=C/C(=O)N(CCO)CC(F)F)cc1Cl. The molecule has 1 aromatic rings. The number of amides is 1. The maximum absolute atomic E-state index is 12.3. The average Bonchev–Trinajstić information content (AvgIpc) is 2.39. The van der Waals surface area contributed by atoms with Gasteiger partial charge in [0, 0.05) is 17.6 Å². The molecule has 0 spiro atoms. The molecule has 0 atom stereocenters. The maximum atomic E-state index is 12.3. The van der Waals surface area contributed by atoms with Gasteiger partial charge in [0.2, 0.25) is 5.91 Å². The fourth-order valence-electron chi connectivity index (χ4n) is 1.56. The van der Waals surface area contributed by atoms with Crippen molar-refractivity contribution in [3.05, 3.63) is 40.4 Å². The van der Waals surface area contributed by atoms with E-state index in [4.69, 9.17) is 16.7 Å². The highest BCUT2D eigenvalue weighted by Crippen LogP contribution is 2.17. The predicted molar refractivity (Wildman–Crippen MR) is 74.9 cm³/mol. The van der Waals surface area contributed by atoms with Gasteiger partial charge in [-0.3, -0.25) is 4.79 Å². The number of hydrogen-bond acceptors (Lipinski definition) is 2. The van der Waals surface area contributed by atoms with E-state index in [9.17, 15) is 13.6 Å². The number of aryl methyl sites for hydroxylation is 1. The second-order valence-corrected chi connectivity index (χ2v) is 4.65. The van der Waals surface area contributed by atoms with Gasteiger partial charge in [-0.25, -0.2) is 8.78 Å². The van der Waals surface area contributed by atoms with E-state index in [2.05, 4.69) is 0 Å². The van der Waals surface area contributed by atoms with Crippen LogP contribution >= 0.6 is 11.6 Å². The highest BCUT2D eigenvalue weighted by Gasteiger charge is 2.15. The van der Waals surface area contributed by atoms with Gasteiger partial charge in [0.1, 0.15) is 0 Å². The molecule has 3 nitrogen and oxygen atoms in total. The lowest BCUT2D eigenvalue weighted by Gasteiger charge is -2.19. The molecule has 0 fully saturated rings. The van der Waals surface area contributed by atoms with Crippen molar-refractivity contribution in [1.29, 1.82) is 0 Å². The van der Waals surface area contributed by atoms with Gasteiger partial charge in [-0.15, -0.1) is 0 Å². The highest BCUT2D eigenvalue weighted by molar-refractivity contribution is 6.31. The van der Waals surface area contributed by atoms with Crippen molar-refractivity contribution in [1.82, 2.24) is 4.90 Å². The smallest absolute Gasteiger partial charge is 0.255 e. The van der Waals surface area contributed by atoms with Crippen LogP contribution in [0.25, 0.3) is 6.08 Å². The van der Waals surface area contributed by atoms with Crippen molar-refractivity contribution < 1.29 is 18.7 Å². The zero-order chi connectivity index (χ0) is 15.1. The molecule has 6 heteroatoms. The van der Waals surface area contributed by atoms with Crippen LogP contribution in [-0.2, 0) is 4.79 Å². The first-order valence-electron chi connectivity index (χ1n) is 6.06. The molecule has 0 aromatic heterocycles. The Bertz CT molecular complexity index is 492. The molecule has 0 radical (unpaired) electrons. The first kappa shape index (κ1) is 16.6. The van der Waals surface area contributed by atoms with Crippen molar-refractivity contribution in [2.45, 2.75) is 13.3 Å². The maximum Gasteiger partial charge on any atom is 0.255 e. The predicted octanol–water partition coefficient (Wildman–Crippen LogP) is 2.75. The minimum Gasteiger partial charge on any atom is -0.395 e. The second-order valence-electron chi connectivity index (χ2n) is 4.24. The lowest BCUT2D eigenvalue weighted by atomic mass is 10.1. The van der Waals surface area contributed by atoms with Gasteiger partial charge in [-0.05, 0) is 30.2 Å². The van der Waals surface area contributed by atoms with E-state index in [1.54, 1.807) is 18.2 Å². The van der Waals surface area contributed by atoms with Crippen LogP contribution in [0.3, 0.4) is 0 Å². The van der Waals surface area contributed by atoms with E-state index >= 15 is 0 Å². The number of nitrogens with zero attached hydrogens (tertiary/aromatic N) is 1. The third-order valence-corrected chi connectivity index (χ3v) is 3.06. The Kier molecular flexibility index (Phi) is 6.61. The molecule has 1 N–H and O–H groups in total. The summed E-state index contributed by atoms with van der Waals surface area (Å²) in [5.41, 5.74) is 1.62.